The molecule has 0 amide bonds. The molecule has 6 atom stereocenters. The summed E-state index contributed by atoms with van der Waals surface area (Å²) in [6.45, 7) is 13.9. The Bertz CT molecular complexity index is 1510. The highest BCUT2D eigenvalue weighted by molar-refractivity contribution is 6.99. The zero-order valence-corrected chi connectivity index (χ0v) is 32.0. The van der Waals surface area contributed by atoms with Gasteiger partial charge in [-0.3, -0.25) is 0 Å². The van der Waals surface area contributed by atoms with E-state index in [2.05, 4.69) is 69.3 Å². The minimum Gasteiger partial charge on any atom is -0.458 e. The molecular weight excluding hydrogens is 665 g/mol. The number of hydrogen-bond donors (Lipinski definition) is 0. The number of carbonyl (C=O) groups excluding carboxylic acids is 2. The van der Waals surface area contributed by atoms with Crippen molar-refractivity contribution in [3.63, 3.8) is 0 Å². The Hall–Kier alpha value is -3.22. The first kappa shape index (κ1) is 39.0. The molecule has 5 rings (SSSR count). The van der Waals surface area contributed by atoms with E-state index in [0.29, 0.717) is 31.8 Å². The number of rotatable bonds is 15. The molecule has 51 heavy (non-hydrogen) atoms. The summed E-state index contributed by atoms with van der Waals surface area (Å²) in [7, 11) is -1.23. The van der Waals surface area contributed by atoms with Gasteiger partial charge in [-0.05, 0) is 34.0 Å². The highest BCUT2D eigenvalue weighted by atomic mass is 28.4. The number of hydrogen-bond acceptors (Lipinski definition) is 9. The predicted molar refractivity (Wildman–Crippen MR) is 198 cm³/mol. The molecule has 0 bridgehead atoms. The summed E-state index contributed by atoms with van der Waals surface area (Å²) < 4.78 is 44.0. The van der Waals surface area contributed by atoms with Gasteiger partial charge in [-0.15, -0.1) is 0 Å². The number of methoxy groups -OCH3 is 1. The highest BCUT2D eigenvalue weighted by Gasteiger charge is 2.66. The van der Waals surface area contributed by atoms with E-state index in [9.17, 15) is 9.59 Å². The summed E-state index contributed by atoms with van der Waals surface area (Å²) in [6, 6.07) is 30.0. The van der Waals surface area contributed by atoms with E-state index in [-0.39, 0.29) is 24.2 Å². The molecule has 2 aliphatic heterocycles. The van der Waals surface area contributed by atoms with Crippen molar-refractivity contribution >= 4 is 30.9 Å². The van der Waals surface area contributed by atoms with E-state index < -0.39 is 49.9 Å². The molecule has 0 unspecified atom stereocenters. The van der Waals surface area contributed by atoms with E-state index in [1.165, 1.54) is 10.4 Å². The van der Waals surface area contributed by atoms with Crippen LogP contribution < -0.4 is 10.4 Å². The minimum atomic E-state index is -2.83. The molecule has 2 fully saturated rings. The van der Waals surface area contributed by atoms with Gasteiger partial charge in [0, 0.05) is 31.5 Å². The van der Waals surface area contributed by atoms with Gasteiger partial charge in [0.15, 0.2) is 12.1 Å². The molecule has 0 saturated carbocycles. The van der Waals surface area contributed by atoms with Crippen LogP contribution in [0.15, 0.2) is 91.0 Å². The van der Waals surface area contributed by atoms with Crippen LogP contribution in [0, 0.1) is 11.3 Å². The third kappa shape index (κ3) is 8.07. The smallest absolute Gasteiger partial charge is 0.338 e. The summed E-state index contributed by atoms with van der Waals surface area (Å²) in [6.07, 6.45) is -1.13. The van der Waals surface area contributed by atoms with Gasteiger partial charge in [0.2, 0.25) is 0 Å². The van der Waals surface area contributed by atoms with Crippen molar-refractivity contribution < 1.29 is 42.4 Å². The zero-order chi connectivity index (χ0) is 36.7. The molecule has 9 nitrogen and oxygen atoms in total. The Morgan fingerprint density at radius 3 is 2.02 bits per heavy atom. The molecule has 0 N–H and O–H groups in total. The predicted octanol–water partition coefficient (Wildman–Crippen LogP) is 5.93. The lowest BCUT2D eigenvalue weighted by Crippen LogP contribution is -2.66. The van der Waals surface area contributed by atoms with Crippen molar-refractivity contribution in [1.82, 2.24) is 0 Å². The SMILES string of the molecule is COCCOCO[C@H]1[C@@H](C=O)O[C@]2(C[C@@H](OC(=O)c3ccccc3)[C@H](C)[C@H](CCO[Si](c3ccccc3)(c3ccccc3)C(C)(C)C)O2)C1(C)C. The first-order valence-electron chi connectivity index (χ1n) is 17.9. The Kier molecular flexibility index (Phi) is 12.7. The average Bonchev–Trinajstić information content (AvgIpc) is 3.33. The molecule has 0 radical (unpaired) electrons. The van der Waals surface area contributed by atoms with E-state index in [1.807, 2.05) is 51.1 Å². The molecule has 2 heterocycles. The van der Waals surface area contributed by atoms with Crippen molar-refractivity contribution in [2.24, 2.45) is 11.3 Å². The molecule has 0 aromatic heterocycles. The van der Waals surface area contributed by atoms with E-state index in [4.69, 9.17) is 32.8 Å². The average molecular weight is 719 g/mol. The van der Waals surface area contributed by atoms with Gasteiger partial charge in [-0.2, -0.15) is 0 Å². The van der Waals surface area contributed by atoms with Gasteiger partial charge < -0.3 is 37.6 Å². The van der Waals surface area contributed by atoms with Crippen LogP contribution in [0.1, 0.15) is 64.7 Å². The van der Waals surface area contributed by atoms with Crippen LogP contribution in [0.5, 0.6) is 0 Å². The van der Waals surface area contributed by atoms with Crippen LogP contribution in [0.2, 0.25) is 5.04 Å². The van der Waals surface area contributed by atoms with Crippen LogP contribution in [0.3, 0.4) is 0 Å². The van der Waals surface area contributed by atoms with Crippen molar-refractivity contribution in [3.8, 4) is 0 Å². The minimum absolute atomic E-state index is 0.0418. The van der Waals surface area contributed by atoms with Gasteiger partial charge in [0.05, 0.1) is 24.9 Å². The molecule has 0 aliphatic carbocycles. The van der Waals surface area contributed by atoms with Crippen LogP contribution in [-0.2, 0) is 37.6 Å². The maximum Gasteiger partial charge on any atom is 0.338 e. The van der Waals surface area contributed by atoms with Crippen molar-refractivity contribution in [1.29, 1.82) is 0 Å². The summed E-state index contributed by atoms with van der Waals surface area (Å²) in [4.78, 5) is 26.0. The Labute approximate surface area is 304 Å². The van der Waals surface area contributed by atoms with Gasteiger partial charge in [0.25, 0.3) is 8.32 Å². The lowest BCUT2D eigenvalue weighted by atomic mass is 9.73. The molecular formula is C41H54O9Si. The Morgan fingerprint density at radius 2 is 1.47 bits per heavy atom. The highest BCUT2D eigenvalue weighted by Crippen LogP contribution is 2.55. The van der Waals surface area contributed by atoms with Crippen LogP contribution >= 0.6 is 0 Å². The van der Waals surface area contributed by atoms with Crippen molar-refractivity contribution in [3.05, 3.63) is 96.6 Å². The molecule has 276 valence electrons. The lowest BCUT2D eigenvalue weighted by molar-refractivity contribution is -0.329. The first-order chi connectivity index (χ1) is 24.4. The molecule has 3 aromatic carbocycles. The van der Waals surface area contributed by atoms with Gasteiger partial charge in [0.1, 0.15) is 25.1 Å². The standard InChI is InChI=1S/C41H54O9Si/c1-30-34(23-24-47-51(39(2,3)4,32-19-13-9-14-20-32)33-21-15-10-16-22-33)49-41(27-35(30)48-38(43)31-17-11-8-12-18-31)40(5,6)37(36(28-42)50-41)46-29-45-26-25-44-7/h8-22,28,30,34-37H,23-27,29H2,1-7H3/t30-,34+,35-,36-,37+,41-/m1/s1. The number of carbonyl (C=O) groups is 2. The maximum atomic E-state index is 13.5. The van der Waals surface area contributed by atoms with Crippen molar-refractivity contribution in [2.75, 3.05) is 33.7 Å². The summed E-state index contributed by atoms with van der Waals surface area (Å²) >= 11 is 0. The van der Waals surface area contributed by atoms with Crippen LogP contribution in [0.25, 0.3) is 0 Å². The van der Waals surface area contributed by atoms with Crippen LogP contribution in [-0.4, -0.2) is 84.5 Å². The van der Waals surface area contributed by atoms with Gasteiger partial charge in [-0.1, -0.05) is 120 Å². The summed E-state index contributed by atoms with van der Waals surface area (Å²) in [5, 5.41) is 2.18. The molecule has 2 saturated heterocycles. The molecule has 1 spiro atoms. The van der Waals surface area contributed by atoms with E-state index >= 15 is 0 Å². The van der Waals surface area contributed by atoms with Gasteiger partial charge >= 0.3 is 5.97 Å². The fraction of sp³-hybridized carbons (Fsp3) is 0.512. The summed E-state index contributed by atoms with van der Waals surface area (Å²) in [5.74, 6) is -1.93. The Balaban J connectivity index is 1.45. The Morgan fingerprint density at radius 1 is 0.882 bits per heavy atom. The lowest BCUT2D eigenvalue weighted by Gasteiger charge is -2.51. The molecule has 3 aromatic rings. The number of ether oxygens (including phenoxy) is 6. The topological polar surface area (TPSA) is 98.8 Å². The summed E-state index contributed by atoms with van der Waals surface area (Å²) in [5.41, 5.74) is -0.374. The third-order valence-electron chi connectivity index (χ3n) is 10.6. The number of esters is 1. The van der Waals surface area contributed by atoms with Crippen LogP contribution in [0.4, 0.5) is 0 Å². The number of aldehydes is 1. The monoisotopic (exact) mass is 718 g/mol. The van der Waals surface area contributed by atoms with E-state index in [0.717, 1.165) is 6.29 Å². The molecule has 2 aliphatic rings. The fourth-order valence-electron chi connectivity index (χ4n) is 7.71. The zero-order valence-electron chi connectivity index (χ0n) is 31.0. The second-order valence-corrected chi connectivity index (χ2v) is 19.4. The largest absolute Gasteiger partial charge is 0.458 e. The first-order valence-corrected chi connectivity index (χ1v) is 19.8. The molecule has 10 heteroatoms. The second kappa shape index (κ2) is 16.6. The van der Waals surface area contributed by atoms with Crippen molar-refractivity contribution in [2.45, 2.75) is 89.6 Å². The normalized spacial score (nSPS) is 26.2. The maximum absolute atomic E-state index is 13.5. The van der Waals surface area contributed by atoms with E-state index in [1.54, 1.807) is 19.2 Å². The third-order valence-corrected chi connectivity index (χ3v) is 15.6. The van der Waals surface area contributed by atoms with Gasteiger partial charge in [-0.25, -0.2) is 4.79 Å². The second-order valence-electron chi connectivity index (χ2n) is 15.1. The number of benzene rings is 3. The fourth-order valence-corrected chi connectivity index (χ4v) is 12.3. The quantitative estimate of drug-likeness (QED) is 0.0623.